The first-order chi connectivity index (χ1) is 8.36. The lowest BCUT2D eigenvalue weighted by atomic mass is 10.1. The normalized spacial score (nSPS) is 19.8. The Kier molecular flexibility index (Phi) is 4.99. The molecule has 2 nitrogen and oxygen atoms in total. The first-order valence-corrected chi connectivity index (χ1v) is 7.14. The summed E-state index contributed by atoms with van der Waals surface area (Å²) in [5.74, 6) is 0. The third-order valence-corrected chi connectivity index (χ3v) is 4.11. The third kappa shape index (κ3) is 4.12. The van der Waals surface area contributed by atoms with E-state index in [0.29, 0.717) is 0 Å². The molecule has 1 saturated carbocycles. The summed E-state index contributed by atoms with van der Waals surface area (Å²) in [6, 6.07) is 7.26. The van der Waals surface area contributed by atoms with Crippen LogP contribution >= 0.6 is 0 Å². The summed E-state index contributed by atoms with van der Waals surface area (Å²) < 4.78 is 0. The van der Waals surface area contributed by atoms with E-state index in [2.05, 4.69) is 24.2 Å². The number of aromatic amines is 1. The molecule has 1 unspecified atom stereocenters. The zero-order chi connectivity index (χ0) is 11.9. The topological polar surface area (TPSA) is 18.6 Å². The molecule has 1 aromatic rings. The Labute approximate surface area is 105 Å². The first kappa shape index (κ1) is 12.6. The van der Waals surface area contributed by atoms with Crippen LogP contribution < -0.4 is 9.88 Å². The van der Waals surface area contributed by atoms with Crippen molar-refractivity contribution in [2.45, 2.75) is 51.0 Å². The molecule has 1 aliphatic rings. The van der Waals surface area contributed by atoms with Crippen molar-refractivity contribution in [2.75, 3.05) is 13.6 Å². The van der Waals surface area contributed by atoms with Crippen LogP contribution in [0.15, 0.2) is 24.4 Å². The van der Waals surface area contributed by atoms with E-state index in [-0.39, 0.29) is 0 Å². The molecule has 1 atom stereocenters. The van der Waals surface area contributed by atoms with Crippen molar-refractivity contribution in [1.29, 1.82) is 0 Å². The molecule has 0 amide bonds. The smallest absolute Gasteiger partial charge is 0.185 e. The maximum absolute atomic E-state index is 3.33. The Bertz CT molecular complexity index is 302. The Morgan fingerprint density at radius 3 is 2.59 bits per heavy atom. The number of quaternary nitrogens is 1. The number of rotatable bonds is 4. The fraction of sp³-hybridized carbons (Fsp3) is 0.667. The highest BCUT2D eigenvalue weighted by molar-refractivity contribution is 4.96. The Morgan fingerprint density at radius 1 is 1.18 bits per heavy atom. The van der Waals surface area contributed by atoms with Gasteiger partial charge in [-0.15, -0.1) is 0 Å². The maximum atomic E-state index is 3.33. The van der Waals surface area contributed by atoms with Crippen molar-refractivity contribution < 1.29 is 9.88 Å². The molecule has 1 fully saturated rings. The summed E-state index contributed by atoms with van der Waals surface area (Å²) >= 11 is 0. The first-order valence-electron chi connectivity index (χ1n) is 7.14. The summed E-state index contributed by atoms with van der Waals surface area (Å²) in [4.78, 5) is 5.05. The predicted octanol–water partition coefficient (Wildman–Crippen LogP) is 1.28. The van der Waals surface area contributed by atoms with Crippen molar-refractivity contribution >= 4 is 0 Å². The van der Waals surface area contributed by atoms with E-state index in [1.807, 2.05) is 12.3 Å². The molecule has 2 heteroatoms. The van der Waals surface area contributed by atoms with Gasteiger partial charge >= 0.3 is 0 Å². The van der Waals surface area contributed by atoms with Crippen LogP contribution in [0.4, 0.5) is 0 Å². The zero-order valence-electron chi connectivity index (χ0n) is 11.0. The van der Waals surface area contributed by atoms with Gasteiger partial charge in [0.15, 0.2) is 11.9 Å². The van der Waals surface area contributed by atoms with Crippen LogP contribution in [-0.4, -0.2) is 19.6 Å². The van der Waals surface area contributed by atoms with Crippen LogP contribution in [0.2, 0.25) is 0 Å². The van der Waals surface area contributed by atoms with Crippen LogP contribution in [0.3, 0.4) is 0 Å². The molecule has 0 saturated heterocycles. The van der Waals surface area contributed by atoms with Crippen molar-refractivity contribution in [1.82, 2.24) is 0 Å². The second-order valence-corrected chi connectivity index (χ2v) is 5.42. The van der Waals surface area contributed by atoms with Gasteiger partial charge in [0.1, 0.15) is 0 Å². The summed E-state index contributed by atoms with van der Waals surface area (Å²) in [5, 5.41) is 0. The van der Waals surface area contributed by atoms with E-state index in [0.717, 1.165) is 6.04 Å². The number of pyridine rings is 1. The predicted molar refractivity (Wildman–Crippen MR) is 69.9 cm³/mol. The fourth-order valence-corrected chi connectivity index (χ4v) is 2.89. The average Bonchev–Trinajstić information content (AvgIpc) is 2.66. The minimum absolute atomic E-state index is 0.904. The molecule has 94 valence electrons. The highest BCUT2D eigenvalue weighted by atomic mass is 15.1. The number of aromatic nitrogens is 1. The SMILES string of the molecule is C[NH+](CCc1cccc[nH+]1)C1CCCCCC1. The van der Waals surface area contributed by atoms with E-state index >= 15 is 0 Å². The average molecular weight is 234 g/mol. The minimum atomic E-state index is 0.904. The lowest BCUT2D eigenvalue weighted by molar-refractivity contribution is -0.906. The quantitative estimate of drug-likeness (QED) is 0.757. The van der Waals surface area contributed by atoms with Crippen molar-refractivity contribution in [3.63, 3.8) is 0 Å². The van der Waals surface area contributed by atoms with Crippen molar-refractivity contribution in [3.8, 4) is 0 Å². The lowest BCUT2D eigenvalue weighted by Gasteiger charge is -2.23. The molecule has 0 spiro atoms. The fourth-order valence-electron chi connectivity index (χ4n) is 2.89. The summed E-state index contributed by atoms with van der Waals surface area (Å²) in [6.45, 7) is 1.26. The molecule has 0 radical (unpaired) electrons. The van der Waals surface area contributed by atoms with Gasteiger partial charge in [-0.25, -0.2) is 4.98 Å². The molecule has 1 heterocycles. The highest BCUT2D eigenvalue weighted by Gasteiger charge is 2.20. The van der Waals surface area contributed by atoms with E-state index in [4.69, 9.17) is 0 Å². The van der Waals surface area contributed by atoms with Gasteiger partial charge < -0.3 is 4.90 Å². The van der Waals surface area contributed by atoms with Crippen LogP contribution in [0, 0.1) is 0 Å². The van der Waals surface area contributed by atoms with Gasteiger partial charge in [0.05, 0.1) is 26.1 Å². The molecular formula is C15H26N2+2. The number of nitrogens with one attached hydrogen (secondary N) is 2. The second-order valence-electron chi connectivity index (χ2n) is 5.42. The highest BCUT2D eigenvalue weighted by Crippen LogP contribution is 2.15. The molecule has 2 rings (SSSR count). The van der Waals surface area contributed by atoms with E-state index < -0.39 is 0 Å². The molecule has 2 N–H and O–H groups in total. The number of hydrogen-bond acceptors (Lipinski definition) is 0. The minimum Gasteiger partial charge on any atom is -0.334 e. The van der Waals surface area contributed by atoms with E-state index in [9.17, 15) is 0 Å². The molecule has 1 aliphatic carbocycles. The second kappa shape index (κ2) is 6.75. The van der Waals surface area contributed by atoms with E-state index in [1.165, 1.54) is 57.2 Å². The third-order valence-electron chi connectivity index (χ3n) is 4.11. The van der Waals surface area contributed by atoms with Gasteiger partial charge in [-0.05, 0) is 25.7 Å². The summed E-state index contributed by atoms with van der Waals surface area (Å²) in [5.41, 5.74) is 1.36. The Hall–Kier alpha value is -0.890. The molecule has 17 heavy (non-hydrogen) atoms. The van der Waals surface area contributed by atoms with Crippen LogP contribution in [0.1, 0.15) is 44.2 Å². The van der Waals surface area contributed by atoms with Gasteiger partial charge in [0.2, 0.25) is 0 Å². The van der Waals surface area contributed by atoms with Crippen LogP contribution in [0.5, 0.6) is 0 Å². The molecule has 0 aromatic carbocycles. The largest absolute Gasteiger partial charge is 0.334 e. The summed E-state index contributed by atoms with van der Waals surface area (Å²) in [7, 11) is 2.37. The van der Waals surface area contributed by atoms with Gasteiger partial charge in [0.25, 0.3) is 0 Å². The Morgan fingerprint density at radius 2 is 1.94 bits per heavy atom. The summed E-state index contributed by atoms with van der Waals surface area (Å²) in [6.07, 6.45) is 11.9. The van der Waals surface area contributed by atoms with Crippen LogP contribution in [0.25, 0.3) is 0 Å². The van der Waals surface area contributed by atoms with Gasteiger partial charge in [0, 0.05) is 12.1 Å². The van der Waals surface area contributed by atoms with Crippen molar-refractivity contribution in [2.24, 2.45) is 0 Å². The maximum Gasteiger partial charge on any atom is 0.185 e. The van der Waals surface area contributed by atoms with Gasteiger partial charge in [-0.3, -0.25) is 0 Å². The molecule has 1 aromatic heterocycles. The van der Waals surface area contributed by atoms with Crippen molar-refractivity contribution in [3.05, 3.63) is 30.1 Å². The van der Waals surface area contributed by atoms with Crippen LogP contribution in [-0.2, 0) is 6.42 Å². The number of likely N-dealkylation sites (N-methyl/N-ethyl adjacent to an activating group) is 1. The molecule has 0 bridgehead atoms. The standard InChI is InChI=1S/C15H24N2/c1-17(15-9-4-2-3-5-10-15)13-11-14-8-6-7-12-16-14/h6-8,12,15H,2-5,9-11,13H2,1H3/p+2. The van der Waals surface area contributed by atoms with Gasteiger partial charge in [-0.2, -0.15) is 0 Å². The Balaban J connectivity index is 1.78. The van der Waals surface area contributed by atoms with Gasteiger partial charge in [-0.1, -0.05) is 18.9 Å². The molecular weight excluding hydrogens is 208 g/mol. The number of H-pyrrole nitrogens is 1. The lowest BCUT2D eigenvalue weighted by Crippen LogP contribution is -3.13. The number of hydrogen-bond donors (Lipinski definition) is 1. The van der Waals surface area contributed by atoms with E-state index in [1.54, 1.807) is 4.90 Å². The monoisotopic (exact) mass is 234 g/mol. The molecule has 0 aliphatic heterocycles. The zero-order valence-corrected chi connectivity index (χ0v) is 11.0.